The molecule has 20 heavy (non-hydrogen) atoms. The standard InChI is InChI=1S/C16H12N2O2/c19-15-14(11-12-7-3-1-4-8-12)18-16(20-15)17-13-9-5-2-6-10-13/h1-11H,(H,17,18)/b14-11-. The molecule has 0 fully saturated rings. The highest BCUT2D eigenvalue weighted by Gasteiger charge is 2.22. The van der Waals surface area contributed by atoms with Crippen LogP contribution in [0.25, 0.3) is 6.08 Å². The summed E-state index contributed by atoms with van der Waals surface area (Å²) >= 11 is 0. The summed E-state index contributed by atoms with van der Waals surface area (Å²) in [7, 11) is 0. The van der Waals surface area contributed by atoms with Gasteiger partial charge in [-0.15, -0.1) is 0 Å². The van der Waals surface area contributed by atoms with Gasteiger partial charge in [0.1, 0.15) is 0 Å². The molecule has 1 heterocycles. The van der Waals surface area contributed by atoms with Crippen molar-refractivity contribution >= 4 is 23.8 Å². The molecular formula is C16H12N2O2. The number of para-hydroxylation sites is 1. The Morgan fingerprint density at radius 3 is 2.30 bits per heavy atom. The summed E-state index contributed by atoms with van der Waals surface area (Å²) in [6, 6.07) is 19.2. The van der Waals surface area contributed by atoms with Crippen LogP contribution in [0.15, 0.2) is 71.4 Å². The van der Waals surface area contributed by atoms with Gasteiger partial charge in [-0.25, -0.2) is 4.79 Å². The topological polar surface area (TPSA) is 50.7 Å². The van der Waals surface area contributed by atoms with Gasteiger partial charge in [0.25, 0.3) is 0 Å². The number of anilines is 1. The highest BCUT2D eigenvalue weighted by atomic mass is 16.6. The average molecular weight is 264 g/mol. The minimum absolute atomic E-state index is 0.198. The second kappa shape index (κ2) is 5.40. The lowest BCUT2D eigenvalue weighted by molar-refractivity contribution is -0.129. The minimum Gasteiger partial charge on any atom is -0.387 e. The molecule has 0 unspecified atom stereocenters. The molecule has 4 nitrogen and oxygen atoms in total. The van der Waals surface area contributed by atoms with Crippen LogP contribution in [0.1, 0.15) is 5.56 Å². The van der Waals surface area contributed by atoms with E-state index < -0.39 is 5.97 Å². The normalized spacial score (nSPS) is 15.9. The van der Waals surface area contributed by atoms with Crippen molar-refractivity contribution in [2.24, 2.45) is 4.99 Å². The molecule has 0 spiro atoms. The van der Waals surface area contributed by atoms with Crippen LogP contribution in [0, 0.1) is 0 Å². The van der Waals surface area contributed by atoms with E-state index >= 15 is 0 Å². The van der Waals surface area contributed by atoms with Crippen molar-refractivity contribution in [3.8, 4) is 0 Å². The molecule has 1 N–H and O–H groups in total. The van der Waals surface area contributed by atoms with Crippen LogP contribution in [0.5, 0.6) is 0 Å². The monoisotopic (exact) mass is 264 g/mol. The maximum absolute atomic E-state index is 11.7. The molecule has 0 aromatic heterocycles. The molecule has 0 bridgehead atoms. The lowest BCUT2D eigenvalue weighted by atomic mass is 10.2. The Balaban J connectivity index is 1.81. The molecule has 98 valence electrons. The van der Waals surface area contributed by atoms with E-state index in [4.69, 9.17) is 4.74 Å². The van der Waals surface area contributed by atoms with Crippen molar-refractivity contribution in [2.45, 2.75) is 0 Å². The second-order valence-electron chi connectivity index (χ2n) is 4.24. The van der Waals surface area contributed by atoms with Crippen molar-refractivity contribution in [3.63, 3.8) is 0 Å². The summed E-state index contributed by atoms with van der Waals surface area (Å²) in [5, 5.41) is 2.95. The second-order valence-corrected chi connectivity index (χ2v) is 4.24. The molecule has 0 aliphatic carbocycles. The van der Waals surface area contributed by atoms with Gasteiger partial charge >= 0.3 is 12.0 Å². The SMILES string of the molecule is O=C1OC(Nc2ccccc2)=N/C1=C\c1ccccc1. The van der Waals surface area contributed by atoms with Gasteiger partial charge in [-0.05, 0) is 23.8 Å². The lowest BCUT2D eigenvalue weighted by Gasteiger charge is -2.02. The van der Waals surface area contributed by atoms with Crippen molar-refractivity contribution in [2.75, 3.05) is 5.32 Å². The highest BCUT2D eigenvalue weighted by molar-refractivity contribution is 6.10. The Morgan fingerprint density at radius 1 is 0.950 bits per heavy atom. The molecule has 2 aromatic rings. The van der Waals surface area contributed by atoms with Gasteiger partial charge in [-0.1, -0.05) is 48.5 Å². The first kappa shape index (κ1) is 12.2. The van der Waals surface area contributed by atoms with Gasteiger partial charge in [0.2, 0.25) is 0 Å². The predicted octanol–water partition coefficient (Wildman–Crippen LogP) is 3.05. The Hall–Kier alpha value is -2.88. The number of esters is 1. The summed E-state index contributed by atoms with van der Waals surface area (Å²) in [6.45, 7) is 0. The van der Waals surface area contributed by atoms with E-state index in [1.165, 1.54) is 0 Å². The number of carbonyl (C=O) groups is 1. The summed E-state index contributed by atoms with van der Waals surface area (Å²) in [6.07, 6.45) is 1.70. The molecule has 0 saturated heterocycles. The van der Waals surface area contributed by atoms with E-state index in [1.807, 2.05) is 60.7 Å². The van der Waals surface area contributed by atoms with E-state index in [0.717, 1.165) is 11.3 Å². The smallest absolute Gasteiger partial charge is 0.364 e. The summed E-state index contributed by atoms with van der Waals surface area (Å²) < 4.78 is 5.08. The fourth-order valence-corrected chi connectivity index (χ4v) is 1.81. The quantitative estimate of drug-likeness (QED) is 0.670. The van der Waals surface area contributed by atoms with Gasteiger partial charge < -0.3 is 10.1 Å². The van der Waals surface area contributed by atoms with Crippen molar-refractivity contribution in [1.29, 1.82) is 0 Å². The number of cyclic esters (lactones) is 1. The molecule has 0 saturated carbocycles. The first-order valence-electron chi connectivity index (χ1n) is 6.21. The number of nitrogens with one attached hydrogen (secondary N) is 1. The fourth-order valence-electron chi connectivity index (χ4n) is 1.81. The summed E-state index contributed by atoms with van der Waals surface area (Å²) in [5.41, 5.74) is 2.01. The van der Waals surface area contributed by atoms with Gasteiger partial charge in [0.15, 0.2) is 5.70 Å². The minimum atomic E-state index is -0.452. The first-order valence-corrected chi connectivity index (χ1v) is 6.21. The van der Waals surface area contributed by atoms with E-state index in [2.05, 4.69) is 10.3 Å². The van der Waals surface area contributed by atoms with Gasteiger partial charge in [0.05, 0.1) is 0 Å². The predicted molar refractivity (Wildman–Crippen MR) is 78.0 cm³/mol. The molecule has 4 heteroatoms. The van der Waals surface area contributed by atoms with Crippen LogP contribution in [0.2, 0.25) is 0 Å². The third-order valence-corrected chi connectivity index (χ3v) is 2.75. The van der Waals surface area contributed by atoms with Gasteiger partial charge in [-0.2, -0.15) is 4.99 Å². The lowest BCUT2D eigenvalue weighted by Crippen LogP contribution is -2.13. The van der Waals surface area contributed by atoms with Crippen molar-refractivity contribution in [1.82, 2.24) is 0 Å². The molecule has 3 rings (SSSR count). The number of aliphatic imine (C=N–C) groups is 1. The average Bonchev–Trinajstić information content (AvgIpc) is 2.81. The molecule has 1 aliphatic rings. The highest BCUT2D eigenvalue weighted by Crippen LogP contribution is 2.16. The molecule has 2 aromatic carbocycles. The zero-order chi connectivity index (χ0) is 13.8. The van der Waals surface area contributed by atoms with E-state index in [9.17, 15) is 4.79 Å². The van der Waals surface area contributed by atoms with Gasteiger partial charge in [0, 0.05) is 5.69 Å². The number of amidine groups is 1. The molecular weight excluding hydrogens is 252 g/mol. The number of ether oxygens (including phenoxy) is 1. The third-order valence-electron chi connectivity index (χ3n) is 2.75. The van der Waals surface area contributed by atoms with Crippen LogP contribution < -0.4 is 5.32 Å². The zero-order valence-corrected chi connectivity index (χ0v) is 10.6. The van der Waals surface area contributed by atoms with Crippen molar-refractivity contribution < 1.29 is 9.53 Å². The third kappa shape index (κ3) is 2.75. The number of hydrogen-bond acceptors (Lipinski definition) is 4. The summed E-state index contributed by atoms with van der Waals surface area (Å²) in [4.78, 5) is 15.9. The van der Waals surface area contributed by atoms with Gasteiger partial charge in [-0.3, -0.25) is 0 Å². The Labute approximate surface area is 116 Å². The van der Waals surface area contributed by atoms with E-state index in [0.29, 0.717) is 0 Å². The number of carbonyl (C=O) groups excluding carboxylic acids is 1. The largest absolute Gasteiger partial charge is 0.387 e. The Morgan fingerprint density at radius 2 is 1.60 bits per heavy atom. The molecule has 0 atom stereocenters. The van der Waals surface area contributed by atoms with Crippen LogP contribution in [0.4, 0.5) is 5.69 Å². The fraction of sp³-hybridized carbons (Fsp3) is 0. The van der Waals surface area contributed by atoms with Crippen molar-refractivity contribution in [3.05, 3.63) is 71.9 Å². The first-order chi connectivity index (χ1) is 9.81. The maximum atomic E-state index is 11.7. The zero-order valence-electron chi connectivity index (χ0n) is 10.6. The van der Waals surface area contributed by atoms with E-state index in [-0.39, 0.29) is 11.7 Å². The molecule has 1 aliphatic heterocycles. The maximum Gasteiger partial charge on any atom is 0.364 e. The Kier molecular flexibility index (Phi) is 3.29. The molecule has 0 amide bonds. The number of rotatable bonds is 2. The number of benzene rings is 2. The summed E-state index contributed by atoms with van der Waals surface area (Å²) in [5.74, 6) is -0.452. The van der Waals surface area contributed by atoms with Crippen LogP contribution in [-0.4, -0.2) is 12.0 Å². The van der Waals surface area contributed by atoms with E-state index in [1.54, 1.807) is 6.08 Å². The van der Waals surface area contributed by atoms with Crippen LogP contribution in [0.3, 0.4) is 0 Å². The van der Waals surface area contributed by atoms with Crippen LogP contribution in [-0.2, 0) is 9.53 Å². The Bertz CT molecular complexity index is 676. The molecule has 0 radical (unpaired) electrons. The van der Waals surface area contributed by atoms with Crippen LogP contribution >= 0.6 is 0 Å². The number of nitrogens with zero attached hydrogens (tertiary/aromatic N) is 1. The number of hydrogen-bond donors (Lipinski definition) is 1.